The second-order valence-electron chi connectivity index (χ2n) is 14.1. The Morgan fingerprint density at radius 2 is 1.04 bits per heavy atom. The van der Waals surface area contributed by atoms with Gasteiger partial charge in [-0.3, -0.25) is 0 Å². The highest BCUT2D eigenvalue weighted by molar-refractivity contribution is 6.22. The maximum absolute atomic E-state index is 6.83. The Morgan fingerprint density at radius 1 is 0.400 bits per heavy atom. The Balaban J connectivity index is 1.07. The number of aromatic nitrogens is 1. The Kier molecular flexibility index (Phi) is 7.17. The summed E-state index contributed by atoms with van der Waals surface area (Å²) in [5.74, 6) is 0. The Morgan fingerprint density at radius 3 is 1.85 bits per heavy atom. The molecule has 0 aliphatic heterocycles. The van der Waals surface area contributed by atoms with Gasteiger partial charge in [0, 0.05) is 38.6 Å². The summed E-state index contributed by atoms with van der Waals surface area (Å²) in [6.45, 7) is 0. The van der Waals surface area contributed by atoms with Gasteiger partial charge in [0.15, 0.2) is 5.58 Å². The van der Waals surface area contributed by atoms with E-state index in [1.807, 2.05) is 0 Å². The van der Waals surface area contributed by atoms with Crippen LogP contribution in [0.25, 0.3) is 82.5 Å². The SMILES string of the molecule is c1ccc(-c2ccc(N(c3ccccc3)c3cccc4c3oc3ccc5cc(-c6cccc7c6c6ccccc6n7-c6ccccc6)ccc5c34)cc2)cc1. The molecule has 2 heterocycles. The van der Waals surface area contributed by atoms with Gasteiger partial charge in [-0.1, -0.05) is 140 Å². The molecule has 2 aromatic heterocycles. The van der Waals surface area contributed by atoms with Crippen molar-refractivity contribution < 1.29 is 4.42 Å². The number of hydrogen-bond acceptors (Lipinski definition) is 2. The van der Waals surface area contributed by atoms with Crippen molar-refractivity contribution in [1.29, 1.82) is 0 Å². The van der Waals surface area contributed by atoms with E-state index < -0.39 is 0 Å². The highest BCUT2D eigenvalue weighted by atomic mass is 16.3. The molecule has 0 saturated heterocycles. The van der Waals surface area contributed by atoms with E-state index in [9.17, 15) is 0 Å². The molecule has 0 bridgehead atoms. The van der Waals surface area contributed by atoms with E-state index in [0.29, 0.717) is 0 Å². The lowest BCUT2D eigenvalue weighted by molar-refractivity contribution is 0.669. The predicted octanol–water partition coefficient (Wildman–Crippen LogP) is 14.6. The number of para-hydroxylation sites is 4. The van der Waals surface area contributed by atoms with E-state index in [2.05, 4.69) is 216 Å². The molecule has 0 radical (unpaired) electrons. The molecular weight excluding hydrogens is 669 g/mol. The fraction of sp³-hybridized carbons (Fsp3) is 0. The van der Waals surface area contributed by atoms with Gasteiger partial charge in [-0.2, -0.15) is 0 Å². The van der Waals surface area contributed by atoms with Crippen molar-refractivity contribution >= 4 is 71.6 Å². The summed E-state index contributed by atoms with van der Waals surface area (Å²) < 4.78 is 9.21. The number of hydrogen-bond donors (Lipinski definition) is 0. The Hall–Kier alpha value is -7.36. The van der Waals surface area contributed by atoms with Crippen molar-refractivity contribution in [2.45, 2.75) is 0 Å². The zero-order chi connectivity index (χ0) is 36.3. The molecule has 11 aromatic rings. The van der Waals surface area contributed by atoms with Gasteiger partial charge >= 0.3 is 0 Å². The molecule has 0 N–H and O–H groups in total. The molecule has 0 spiro atoms. The minimum Gasteiger partial charge on any atom is -0.454 e. The quantitative estimate of drug-likeness (QED) is 0.172. The molecule has 3 heteroatoms. The third-order valence-electron chi connectivity index (χ3n) is 11.0. The van der Waals surface area contributed by atoms with Crippen LogP contribution >= 0.6 is 0 Å². The molecule has 0 aliphatic carbocycles. The Bertz CT molecular complexity index is 3180. The number of fused-ring (bicyclic) bond motifs is 8. The molecule has 55 heavy (non-hydrogen) atoms. The van der Waals surface area contributed by atoms with Crippen LogP contribution in [0.3, 0.4) is 0 Å². The maximum atomic E-state index is 6.83. The van der Waals surface area contributed by atoms with Crippen molar-refractivity contribution in [2.24, 2.45) is 0 Å². The predicted molar refractivity (Wildman–Crippen MR) is 231 cm³/mol. The molecule has 11 rings (SSSR count). The summed E-state index contributed by atoms with van der Waals surface area (Å²) >= 11 is 0. The van der Waals surface area contributed by atoms with E-state index >= 15 is 0 Å². The van der Waals surface area contributed by atoms with E-state index in [1.165, 1.54) is 54.8 Å². The van der Waals surface area contributed by atoms with Gasteiger partial charge in [-0.25, -0.2) is 0 Å². The van der Waals surface area contributed by atoms with Gasteiger partial charge in [-0.15, -0.1) is 0 Å². The van der Waals surface area contributed by atoms with E-state index in [-0.39, 0.29) is 0 Å². The lowest BCUT2D eigenvalue weighted by Gasteiger charge is -2.25. The monoisotopic (exact) mass is 702 g/mol. The van der Waals surface area contributed by atoms with Crippen LogP contribution in [0.1, 0.15) is 0 Å². The van der Waals surface area contributed by atoms with Gasteiger partial charge < -0.3 is 13.9 Å². The van der Waals surface area contributed by atoms with Crippen molar-refractivity contribution in [3.8, 4) is 27.9 Å². The summed E-state index contributed by atoms with van der Waals surface area (Å²) in [6.07, 6.45) is 0. The van der Waals surface area contributed by atoms with Crippen LogP contribution in [0.4, 0.5) is 17.1 Å². The van der Waals surface area contributed by atoms with Crippen molar-refractivity contribution in [3.63, 3.8) is 0 Å². The minimum absolute atomic E-state index is 0.864. The summed E-state index contributed by atoms with van der Waals surface area (Å²) in [4.78, 5) is 2.30. The Labute approximate surface area is 318 Å². The normalized spacial score (nSPS) is 11.6. The van der Waals surface area contributed by atoms with Crippen molar-refractivity contribution in [2.75, 3.05) is 4.90 Å². The number of nitrogens with zero attached hydrogens (tertiary/aromatic N) is 2. The van der Waals surface area contributed by atoms with Crippen LogP contribution in [-0.2, 0) is 0 Å². The van der Waals surface area contributed by atoms with Gasteiger partial charge in [0.1, 0.15) is 5.58 Å². The number of furan rings is 1. The first kappa shape index (κ1) is 31.2. The molecule has 0 amide bonds. The summed E-state index contributed by atoms with van der Waals surface area (Å²) in [6, 6.07) is 73.7. The fourth-order valence-electron chi connectivity index (χ4n) is 8.51. The van der Waals surface area contributed by atoms with E-state index in [1.54, 1.807) is 0 Å². The van der Waals surface area contributed by atoms with Crippen LogP contribution in [0.2, 0.25) is 0 Å². The molecular formula is C52H34N2O. The zero-order valence-corrected chi connectivity index (χ0v) is 29.9. The topological polar surface area (TPSA) is 21.3 Å². The number of benzene rings is 9. The van der Waals surface area contributed by atoms with Crippen LogP contribution in [0.15, 0.2) is 211 Å². The summed E-state index contributed by atoms with van der Waals surface area (Å²) in [5.41, 5.74) is 13.2. The van der Waals surface area contributed by atoms with Crippen LogP contribution < -0.4 is 4.90 Å². The maximum Gasteiger partial charge on any atom is 0.159 e. The smallest absolute Gasteiger partial charge is 0.159 e. The van der Waals surface area contributed by atoms with Crippen molar-refractivity contribution in [1.82, 2.24) is 4.57 Å². The molecule has 0 fully saturated rings. The first-order valence-electron chi connectivity index (χ1n) is 18.8. The molecule has 258 valence electrons. The fourth-order valence-corrected chi connectivity index (χ4v) is 8.51. The molecule has 0 aliphatic rings. The second kappa shape index (κ2) is 12.6. The van der Waals surface area contributed by atoms with Crippen molar-refractivity contribution in [3.05, 3.63) is 206 Å². The summed E-state index contributed by atoms with van der Waals surface area (Å²) in [5, 5.41) is 7.10. The van der Waals surface area contributed by atoms with Gasteiger partial charge in [0.05, 0.1) is 16.7 Å². The van der Waals surface area contributed by atoms with E-state index in [0.717, 1.165) is 44.7 Å². The molecule has 0 saturated carbocycles. The first-order chi connectivity index (χ1) is 27.3. The third-order valence-corrected chi connectivity index (χ3v) is 11.0. The molecule has 0 unspecified atom stereocenters. The average molecular weight is 703 g/mol. The number of anilines is 3. The first-order valence-corrected chi connectivity index (χ1v) is 18.8. The highest BCUT2D eigenvalue weighted by Crippen LogP contribution is 2.45. The third kappa shape index (κ3) is 5.05. The largest absolute Gasteiger partial charge is 0.454 e. The van der Waals surface area contributed by atoms with Crippen LogP contribution in [-0.4, -0.2) is 4.57 Å². The van der Waals surface area contributed by atoms with Gasteiger partial charge in [0.25, 0.3) is 0 Å². The average Bonchev–Trinajstić information content (AvgIpc) is 3.82. The molecule has 0 atom stereocenters. The minimum atomic E-state index is 0.864. The molecule has 3 nitrogen and oxygen atoms in total. The number of rotatable bonds is 6. The molecule has 9 aromatic carbocycles. The van der Waals surface area contributed by atoms with E-state index in [4.69, 9.17) is 4.42 Å². The van der Waals surface area contributed by atoms with Gasteiger partial charge in [-0.05, 0) is 99.8 Å². The van der Waals surface area contributed by atoms with Crippen LogP contribution in [0.5, 0.6) is 0 Å². The van der Waals surface area contributed by atoms with Crippen LogP contribution in [0, 0.1) is 0 Å². The lowest BCUT2D eigenvalue weighted by Crippen LogP contribution is -2.10. The zero-order valence-electron chi connectivity index (χ0n) is 29.9. The van der Waals surface area contributed by atoms with Gasteiger partial charge in [0.2, 0.25) is 0 Å². The standard InChI is InChI=1S/C52H34N2O/c1-4-14-35(15-5-1)36-26-30-41(31-27-36)53(39-16-6-2-7-17-39)48-25-13-22-45-51-43-32-28-37(34-38(43)29-33-49(51)55-52(45)48)42-21-12-24-47-50(42)44-20-10-11-23-46(44)54(47)40-18-8-3-9-19-40/h1-34H. The summed E-state index contributed by atoms with van der Waals surface area (Å²) in [7, 11) is 0. The second-order valence-corrected chi connectivity index (χ2v) is 14.1. The lowest BCUT2D eigenvalue weighted by atomic mass is 9.95. The highest BCUT2D eigenvalue weighted by Gasteiger charge is 2.21.